The lowest BCUT2D eigenvalue weighted by Crippen LogP contribution is -2.28. The molecule has 1 aliphatic rings. The number of halogens is 1. The fourth-order valence-corrected chi connectivity index (χ4v) is 3.16. The number of aromatic nitrogens is 2. The summed E-state index contributed by atoms with van der Waals surface area (Å²) >= 11 is 3.43. The summed E-state index contributed by atoms with van der Waals surface area (Å²) in [6, 6.07) is 5.60. The van der Waals surface area contributed by atoms with Crippen LogP contribution in [0.25, 0.3) is 0 Å². The first-order valence-electron chi connectivity index (χ1n) is 8.00. The molecular weight excluding hydrogens is 402 g/mol. The molecule has 8 nitrogen and oxygen atoms in total. The van der Waals surface area contributed by atoms with E-state index in [9.17, 15) is 14.4 Å². The lowest BCUT2D eigenvalue weighted by atomic mass is 10.1. The maximum Gasteiger partial charge on any atom is 0.271 e. The number of carbonyl (C=O) groups is 3. The third-order valence-electron chi connectivity index (χ3n) is 4.38. The van der Waals surface area contributed by atoms with Crippen LogP contribution in [-0.4, -0.2) is 34.5 Å². The number of carbonyl (C=O) groups excluding carboxylic acids is 3. The van der Waals surface area contributed by atoms with E-state index in [0.717, 1.165) is 15.7 Å². The van der Waals surface area contributed by atoms with E-state index in [4.69, 9.17) is 5.73 Å². The molecule has 2 heterocycles. The molecule has 1 atom stereocenters. The van der Waals surface area contributed by atoms with Crippen LogP contribution in [0.3, 0.4) is 0 Å². The zero-order chi connectivity index (χ0) is 19.0. The third kappa shape index (κ3) is 3.34. The molecule has 0 spiro atoms. The van der Waals surface area contributed by atoms with Crippen molar-refractivity contribution in [2.45, 2.75) is 20.3 Å². The van der Waals surface area contributed by atoms with Crippen LogP contribution >= 0.6 is 15.9 Å². The number of aryl methyl sites for hydroxylation is 2. The predicted molar refractivity (Wildman–Crippen MR) is 99.8 cm³/mol. The Bertz CT molecular complexity index is 908. The quantitative estimate of drug-likeness (QED) is 0.699. The number of nitrogens with one attached hydrogen (secondary N) is 2. The van der Waals surface area contributed by atoms with Gasteiger partial charge in [0.15, 0.2) is 5.69 Å². The van der Waals surface area contributed by atoms with Gasteiger partial charge in [0.25, 0.3) is 5.91 Å². The van der Waals surface area contributed by atoms with Crippen LogP contribution in [-0.2, 0) is 9.59 Å². The van der Waals surface area contributed by atoms with Gasteiger partial charge in [0.05, 0.1) is 17.3 Å². The molecule has 2 aromatic rings. The minimum atomic E-state index is -0.737. The number of H-pyrrole nitrogens is 1. The first kappa shape index (κ1) is 18.1. The maximum absolute atomic E-state index is 12.6. The van der Waals surface area contributed by atoms with Crippen molar-refractivity contribution in [3.8, 4) is 0 Å². The molecule has 9 heteroatoms. The molecule has 1 fully saturated rings. The lowest BCUT2D eigenvalue weighted by molar-refractivity contribution is -0.122. The van der Waals surface area contributed by atoms with Crippen molar-refractivity contribution < 1.29 is 14.4 Å². The number of nitrogens with zero attached hydrogens (tertiary/aromatic N) is 2. The van der Waals surface area contributed by atoms with E-state index in [-0.39, 0.29) is 36.2 Å². The van der Waals surface area contributed by atoms with Crippen LogP contribution in [0.15, 0.2) is 22.7 Å². The maximum atomic E-state index is 12.6. The second kappa shape index (κ2) is 6.91. The van der Waals surface area contributed by atoms with Crippen LogP contribution < -0.4 is 16.0 Å². The van der Waals surface area contributed by atoms with E-state index in [0.29, 0.717) is 5.69 Å². The van der Waals surface area contributed by atoms with Gasteiger partial charge in [0, 0.05) is 23.1 Å². The topological polar surface area (TPSA) is 121 Å². The molecule has 0 aliphatic carbocycles. The first-order valence-corrected chi connectivity index (χ1v) is 8.79. The predicted octanol–water partition coefficient (Wildman–Crippen LogP) is 1.88. The Morgan fingerprint density at radius 2 is 2.12 bits per heavy atom. The van der Waals surface area contributed by atoms with Crippen molar-refractivity contribution in [1.29, 1.82) is 0 Å². The molecule has 1 unspecified atom stereocenters. The van der Waals surface area contributed by atoms with Gasteiger partial charge in [0.1, 0.15) is 0 Å². The number of nitrogens with two attached hydrogens (primary N) is 1. The van der Waals surface area contributed by atoms with Crippen molar-refractivity contribution in [3.63, 3.8) is 0 Å². The van der Waals surface area contributed by atoms with Gasteiger partial charge in [0.2, 0.25) is 11.8 Å². The highest BCUT2D eigenvalue weighted by Crippen LogP contribution is 2.29. The summed E-state index contributed by atoms with van der Waals surface area (Å²) in [6.45, 7) is 3.88. The van der Waals surface area contributed by atoms with Crippen molar-refractivity contribution in [1.82, 2.24) is 10.2 Å². The van der Waals surface area contributed by atoms with Crippen LogP contribution in [0.2, 0.25) is 0 Å². The molecule has 26 heavy (non-hydrogen) atoms. The Hall–Kier alpha value is -2.68. The second-order valence-electron chi connectivity index (χ2n) is 6.26. The molecule has 4 N–H and O–H groups in total. The van der Waals surface area contributed by atoms with Crippen molar-refractivity contribution >= 4 is 45.0 Å². The van der Waals surface area contributed by atoms with E-state index in [1.165, 1.54) is 0 Å². The van der Waals surface area contributed by atoms with Crippen molar-refractivity contribution in [2.24, 2.45) is 11.7 Å². The Kier molecular flexibility index (Phi) is 4.82. The number of aromatic amines is 1. The zero-order valence-corrected chi connectivity index (χ0v) is 15.9. The number of hydrogen-bond donors (Lipinski definition) is 3. The van der Waals surface area contributed by atoms with Crippen LogP contribution in [0.1, 0.15) is 28.2 Å². The molecule has 1 aromatic heterocycles. The Morgan fingerprint density at radius 3 is 2.77 bits per heavy atom. The normalized spacial score (nSPS) is 16.8. The van der Waals surface area contributed by atoms with Gasteiger partial charge >= 0.3 is 0 Å². The van der Waals surface area contributed by atoms with Gasteiger partial charge in [-0.2, -0.15) is 5.10 Å². The summed E-state index contributed by atoms with van der Waals surface area (Å²) in [6.07, 6.45) is 0.101. The Balaban J connectivity index is 1.76. The molecule has 0 saturated carbocycles. The summed E-state index contributed by atoms with van der Waals surface area (Å²) in [5, 5.41) is 9.09. The largest absolute Gasteiger partial charge is 0.364 e. The van der Waals surface area contributed by atoms with Gasteiger partial charge < -0.3 is 16.0 Å². The van der Waals surface area contributed by atoms with Gasteiger partial charge in [-0.3, -0.25) is 19.5 Å². The van der Waals surface area contributed by atoms with Gasteiger partial charge in [-0.05, 0) is 37.6 Å². The van der Waals surface area contributed by atoms with E-state index in [1.807, 2.05) is 25.1 Å². The summed E-state index contributed by atoms with van der Waals surface area (Å²) in [5.41, 5.74) is 7.78. The van der Waals surface area contributed by atoms with E-state index in [1.54, 1.807) is 11.8 Å². The molecule has 3 rings (SSSR count). The Labute approximate surface area is 158 Å². The smallest absolute Gasteiger partial charge is 0.271 e. The SMILES string of the molecule is Cc1cc(N2CC(C(=O)Nc3c(C(N)=O)n[nH]c3C)CC2=O)ccc1Br. The molecule has 0 radical (unpaired) electrons. The second-order valence-corrected chi connectivity index (χ2v) is 7.12. The standard InChI is InChI=1S/C17H18BrN5O3/c1-8-5-11(3-4-12(8)18)23-7-10(6-13(23)24)17(26)20-14-9(2)21-22-15(14)16(19)25/h3-5,10H,6-7H2,1-2H3,(H2,19,25)(H,20,26)(H,21,22). The van der Waals surface area contributed by atoms with E-state index in [2.05, 4.69) is 31.4 Å². The lowest BCUT2D eigenvalue weighted by Gasteiger charge is -2.17. The zero-order valence-electron chi connectivity index (χ0n) is 14.3. The average Bonchev–Trinajstić information content (AvgIpc) is 3.14. The highest BCUT2D eigenvalue weighted by molar-refractivity contribution is 9.10. The Morgan fingerprint density at radius 1 is 1.38 bits per heavy atom. The van der Waals surface area contributed by atoms with Crippen LogP contribution in [0.4, 0.5) is 11.4 Å². The number of primary amides is 1. The summed E-state index contributed by atoms with van der Waals surface area (Å²) < 4.78 is 0.955. The van der Waals surface area contributed by atoms with E-state index >= 15 is 0 Å². The fraction of sp³-hybridized carbons (Fsp3) is 0.294. The summed E-state index contributed by atoms with van der Waals surface area (Å²) in [4.78, 5) is 38.0. The highest BCUT2D eigenvalue weighted by atomic mass is 79.9. The monoisotopic (exact) mass is 419 g/mol. The minimum Gasteiger partial charge on any atom is -0.364 e. The molecule has 3 amide bonds. The highest BCUT2D eigenvalue weighted by Gasteiger charge is 2.36. The minimum absolute atomic E-state index is 0.0273. The molecule has 1 aliphatic heterocycles. The number of amides is 3. The van der Waals surface area contributed by atoms with Crippen molar-refractivity contribution in [2.75, 3.05) is 16.8 Å². The number of hydrogen-bond acceptors (Lipinski definition) is 4. The molecule has 0 bridgehead atoms. The van der Waals surface area contributed by atoms with Crippen LogP contribution in [0, 0.1) is 19.8 Å². The number of rotatable bonds is 4. The first-order chi connectivity index (χ1) is 12.3. The van der Waals surface area contributed by atoms with Gasteiger partial charge in [-0.25, -0.2) is 0 Å². The van der Waals surface area contributed by atoms with Gasteiger partial charge in [-0.15, -0.1) is 0 Å². The van der Waals surface area contributed by atoms with Crippen molar-refractivity contribution in [3.05, 3.63) is 39.6 Å². The third-order valence-corrected chi connectivity index (χ3v) is 5.27. The van der Waals surface area contributed by atoms with Crippen LogP contribution in [0.5, 0.6) is 0 Å². The number of benzene rings is 1. The fourth-order valence-electron chi connectivity index (χ4n) is 2.92. The summed E-state index contributed by atoms with van der Waals surface area (Å²) in [7, 11) is 0. The molecule has 136 valence electrons. The van der Waals surface area contributed by atoms with Gasteiger partial charge in [-0.1, -0.05) is 15.9 Å². The molecular formula is C17H18BrN5O3. The average molecular weight is 420 g/mol. The molecule has 1 saturated heterocycles. The summed E-state index contributed by atoms with van der Waals surface area (Å²) in [5.74, 6) is -1.73. The van der Waals surface area contributed by atoms with E-state index < -0.39 is 11.8 Å². The number of anilines is 2. The molecule has 1 aromatic carbocycles.